The van der Waals surface area contributed by atoms with E-state index in [4.69, 9.17) is 5.73 Å². The summed E-state index contributed by atoms with van der Waals surface area (Å²) >= 11 is 0. The van der Waals surface area contributed by atoms with Crippen LogP contribution in [0.25, 0.3) is 0 Å². The van der Waals surface area contributed by atoms with Crippen LogP contribution in [0.5, 0.6) is 0 Å². The van der Waals surface area contributed by atoms with Crippen molar-refractivity contribution in [2.45, 2.75) is 25.8 Å². The van der Waals surface area contributed by atoms with Crippen molar-refractivity contribution in [3.63, 3.8) is 0 Å². The summed E-state index contributed by atoms with van der Waals surface area (Å²) in [7, 11) is -3.17. The molecule has 2 N–H and O–H groups in total. The maximum atomic E-state index is 11.5. The Bertz CT molecular complexity index is 390. The highest BCUT2D eigenvalue weighted by molar-refractivity contribution is 7.91. The van der Waals surface area contributed by atoms with Crippen molar-refractivity contribution < 1.29 is 18.0 Å². The Morgan fingerprint density at radius 3 is 2.62 bits per heavy atom. The first-order valence-electron chi connectivity index (χ1n) is 5.17. The van der Waals surface area contributed by atoms with Crippen LogP contribution in [0.1, 0.15) is 19.8 Å². The largest absolute Gasteiger partial charge is 0.320 e. The monoisotopic (exact) mass is 248 g/mol. The molecule has 1 aliphatic heterocycles. The molecule has 7 heteroatoms. The molecular formula is C9H16N2O4S. The van der Waals surface area contributed by atoms with Crippen LogP contribution in [0.2, 0.25) is 0 Å². The first kappa shape index (κ1) is 13.1. The van der Waals surface area contributed by atoms with Crippen LogP contribution >= 0.6 is 0 Å². The zero-order valence-corrected chi connectivity index (χ0v) is 10.00. The summed E-state index contributed by atoms with van der Waals surface area (Å²) in [5.41, 5.74) is 5.51. The molecule has 6 nitrogen and oxygen atoms in total. The first-order chi connectivity index (χ1) is 7.37. The lowest BCUT2D eigenvalue weighted by Gasteiger charge is -2.28. The fraction of sp³-hybridized carbons (Fsp3) is 0.778. The van der Waals surface area contributed by atoms with E-state index in [1.807, 2.05) is 0 Å². The Kier molecular flexibility index (Phi) is 4.03. The molecule has 0 aromatic heterocycles. The number of sulfone groups is 1. The predicted octanol–water partition coefficient (Wildman–Crippen LogP) is -1.10. The highest BCUT2D eigenvalue weighted by Crippen LogP contribution is 2.11. The minimum Gasteiger partial charge on any atom is -0.320 e. The average molecular weight is 248 g/mol. The number of hydrogen-bond acceptors (Lipinski definition) is 5. The number of piperidine rings is 1. The maximum absolute atomic E-state index is 11.5. The van der Waals surface area contributed by atoms with Crippen LogP contribution in [0.4, 0.5) is 0 Å². The molecule has 1 heterocycles. The molecule has 0 spiro atoms. The number of rotatable bonds is 4. The van der Waals surface area contributed by atoms with E-state index in [1.54, 1.807) is 0 Å². The molecule has 1 unspecified atom stereocenters. The Balaban J connectivity index is 2.65. The first-order valence-corrected chi connectivity index (χ1v) is 6.99. The second kappa shape index (κ2) is 4.92. The van der Waals surface area contributed by atoms with Crippen molar-refractivity contribution in [3.8, 4) is 0 Å². The summed E-state index contributed by atoms with van der Waals surface area (Å²) in [6.07, 6.45) is 0.549. The number of imide groups is 1. The summed E-state index contributed by atoms with van der Waals surface area (Å²) in [5.74, 6) is -0.983. The summed E-state index contributed by atoms with van der Waals surface area (Å²) in [6, 6.07) is -0.679. The second-order valence-corrected chi connectivity index (χ2v) is 6.24. The van der Waals surface area contributed by atoms with Gasteiger partial charge >= 0.3 is 0 Å². The molecular weight excluding hydrogens is 232 g/mol. The van der Waals surface area contributed by atoms with Crippen LogP contribution in [-0.2, 0) is 19.4 Å². The number of nitrogens with zero attached hydrogens (tertiary/aromatic N) is 1. The average Bonchev–Trinajstić information content (AvgIpc) is 2.24. The molecule has 1 aliphatic rings. The van der Waals surface area contributed by atoms with Gasteiger partial charge in [-0.25, -0.2) is 8.42 Å². The number of amides is 2. The van der Waals surface area contributed by atoms with E-state index in [0.29, 0.717) is 6.42 Å². The topological polar surface area (TPSA) is 97.5 Å². The number of hydrogen-bond donors (Lipinski definition) is 1. The van der Waals surface area contributed by atoms with Gasteiger partial charge in [-0.3, -0.25) is 14.5 Å². The van der Waals surface area contributed by atoms with Crippen LogP contribution in [0.3, 0.4) is 0 Å². The third-order valence-corrected chi connectivity index (χ3v) is 4.30. The smallest absolute Gasteiger partial charge is 0.246 e. The molecule has 0 aliphatic carbocycles. The lowest BCUT2D eigenvalue weighted by molar-refractivity contribution is -0.148. The normalized spacial score (nSPS) is 22.6. The third-order valence-electron chi connectivity index (χ3n) is 2.62. The van der Waals surface area contributed by atoms with Gasteiger partial charge in [0.15, 0.2) is 9.84 Å². The lowest BCUT2D eigenvalue weighted by atomic mass is 10.1. The van der Waals surface area contributed by atoms with Gasteiger partial charge in [0.05, 0.1) is 11.8 Å². The fourth-order valence-electron chi connectivity index (χ4n) is 1.47. The quantitative estimate of drug-likeness (QED) is 0.637. The van der Waals surface area contributed by atoms with E-state index in [0.717, 1.165) is 4.90 Å². The molecule has 1 saturated heterocycles. The van der Waals surface area contributed by atoms with E-state index in [1.165, 1.54) is 6.92 Å². The number of carbonyl (C=O) groups is 2. The van der Waals surface area contributed by atoms with Crippen LogP contribution in [0.15, 0.2) is 0 Å². The zero-order chi connectivity index (χ0) is 12.3. The van der Waals surface area contributed by atoms with Gasteiger partial charge in [-0.2, -0.15) is 0 Å². The second-order valence-electron chi connectivity index (χ2n) is 3.77. The fourth-order valence-corrected chi connectivity index (χ4v) is 2.22. The summed E-state index contributed by atoms with van der Waals surface area (Å²) in [6.45, 7) is 1.45. The molecule has 2 amide bonds. The molecule has 0 aromatic rings. The van der Waals surface area contributed by atoms with Crippen molar-refractivity contribution in [1.29, 1.82) is 0 Å². The van der Waals surface area contributed by atoms with Gasteiger partial charge in [0.1, 0.15) is 0 Å². The van der Waals surface area contributed by atoms with Gasteiger partial charge < -0.3 is 5.73 Å². The third kappa shape index (κ3) is 3.02. The van der Waals surface area contributed by atoms with E-state index >= 15 is 0 Å². The Hall–Kier alpha value is -0.950. The van der Waals surface area contributed by atoms with E-state index in [-0.39, 0.29) is 30.4 Å². The highest BCUT2D eigenvalue weighted by atomic mass is 32.2. The molecule has 1 atom stereocenters. The van der Waals surface area contributed by atoms with Gasteiger partial charge in [-0.1, -0.05) is 6.92 Å². The minimum atomic E-state index is -3.17. The zero-order valence-electron chi connectivity index (χ0n) is 9.18. The minimum absolute atomic E-state index is 0.00920. The van der Waals surface area contributed by atoms with Gasteiger partial charge in [0.2, 0.25) is 11.8 Å². The standard InChI is InChI=1S/C9H16N2O4S/c1-2-16(14,15)6-5-11-8(12)4-3-7(10)9(11)13/h7H,2-6,10H2,1H3. The number of carbonyl (C=O) groups excluding carboxylic acids is 2. The van der Waals surface area contributed by atoms with Crippen molar-refractivity contribution in [2.24, 2.45) is 5.73 Å². The Labute approximate surface area is 94.7 Å². The van der Waals surface area contributed by atoms with Crippen molar-refractivity contribution >= 4 is 21.7 Å². The molecule has 1 rings (SSSR count). The summed E-state index contributed by atoms with van der Waals surface area (Å²) in [5, 5.41) is 0. The van der Waals surface area contributed by atoms with E-state index in [9.17, 15) is 18.0 Å². The van der Waals surface area contributed by atoms with Crippen molar-refractivity contribution in [3.05, 3.63) is 0 Å². The number of nitrogens with two attached hydrogens (primary N) is 1. The van der Waals surface area contributed by atoms with Crippen molar-refractivity contribution in [1.82, 2.24) is 4.90 Å². The van der Waals surface area contributed by atoms with Crippen LogP contribution < -0.4 is 5.73 Å². The molecule has 0 saturated carbocycles. The van der Waals surface area contributed by atoms with Gasteiger partial charge in [0, 0.05) is 18.7 Å². The summed E-state index contributed by atoms with van der Waals surface area (Å²) < 4.78 is 22.5. The van der Waals surface area contributed by atoms with Crippen molar-refractivity contribution in [2.75, 3.05) is 18.1 Å². The van der Waals surface area contributed by atoms with Crippen LogP contribution in [-0.4, -0.2) is 49.2 Å². The number of likely N-dealkylation sites (tertiary alicyclic amines) is 1. The highest BCUT2D eigenvalue weighted by Gasteiger charge is 2.32. The lowest BCUT2D eigenvalue weighted by Crippen LogP contribution is -2.52. The molecule has 0 radical (unpaired) electrons. The molecule has 0 bridgehead atoms. The van der Waals surface area contributed by atoms with Gasteiger partial charge in [-0.05, 0) is 6.42 Å². The molecule has 0 aromatic carbocycles. The summed E-state index contributed by atoms with van der Waals surface area (Å²) in [4.78, 5) is 23.9. The predicted molar refractivity (Wildman–Crippen MR) is 58.3 cm³/mol. The molecule has 1 fully saturated rings. The van der Waals surface area contributed by atoms with Crippen LogP contribution in [0, 0.1) is 0 Å². The van der Waals surface area contributed by atoms with Gasteiger partial charge in [-0.15, -0.1) is 0 Å². The molecule has 16 heavy (non-hydrogen) atoms. The van der Waals surface area contributed by atoms with Gasteiger partial charge in [0.25, 0.3) is 0 Å². The maximum Gasteiger partial charge on any atom is 0.246 e. The Morgan fingerprint density at radius 1 is 1.44 bits per heavy atom. The molecule has 92 valence electrons. The van der Waals surface area contributed by atoms with E-state index < -0.39 is 21.8 Å². The van der Waals surface area contributed by atoms with E-state index in [2.05, 4.69) is 0 Å². The SMILES string of the molecule is CCS(=O)(=O)CCN1C(=O)CCC(N)C1=O. The Morgan fingerprint density at radius 2 is 2.06 bits per heavy atom.